The molecule has 6 rings (SSSR count). The Morgan fingerprint density at radius 3 is 2.88 bits per heavy atom. The van der Waals surface area contributed by atoms with Crippen LogP contribution in [0.15, 0.2) is 67.5 Å². The van der Waals surface area contributed by atoms with E-state index in [1.54, 1.807) is 24.5 Å². The van der Waals surface area contributed by atoms with Crippen LogP contribution in [0.2, 0.25) is 0 Å². The van der Waals surface area contributed by atoms with E-state index in [4.69, 9.17) is 20.2 Å². The number of hydrogen-bond donors (Lipinski definition) is 3. The number of hydrogen-bond acceptors (Lipinski definition) is 8. The predicted octanol–water partition coefficient (Wildman–Crippen LogP) is 3.82. The fraction of sp³-hybridized carbons (Fsp3) is 0.125. The van der Waals surface area contributed by atoms with Crippen LogP contribution in [0.3, 0.4) is 0 Å². The number of ether oxygens (including phenoxy) is 2. The van der Waals surface area contributed by atoms with Gasteiger partial charge >= 0.3 is 0 Å². The molecule has 0 fully saturated rings. The van der Waals surface area contributed by atoms with Gasteiger partial charge < -0.3 is 20.5 Å². The lowest BCUT2D eigenvalue weighted by atomic mass is 10.0. The lowest BCUT2D eigenvalue weighted by Gasteiger charge is -2.31. The van der Waals surface area contributed by atoms with Gasteiger partial charge in [-0.25, -0.2) is 4.98 Å². The molecule has 0 aliphatic carbocycles. The molecule has 0 saturated carbocycles. The number of benzene rings is 2. The van der Waals surface area contributed by atoms with Gasteiger partial charge in [-0.1, -0.05) is 24.8 Å². The van der Waals surface area contributed by atoms with Gasteiger partial charge in [-0.05, 0) is 24.3 Å². The summed E-state index contributed by atoms with van der Waals surface area (Å²) in [5.41, 5.74) is 10.8. The zero-order valence-corrected chi connectivity index (χ0v) is 17.7. The second-order valence-electron chi connectivity index (χ2n) is 7.85. The topological polar surface area (TPSA) is 114 Å². The van der Waals surface area contributed by atoms with Crippen LogP contribution < -0.4 is 25.4 Å². The summed E-state index contributed by atoms with van der Waals surface area (Å²) < 4.78 is 11.8. The molecule has 33 heavy (non-hydrogen) atoms. The number of aromatic nitrogens is 4. The molecule has 9 heteroatoms. The fourth-order valence-electron chi connectivity index (χ4n) is 4.06. The fourth-order valence-corrected chi connectivity index (χ4v) is 4.06. The smallest absolute Gasteiger partial charge is 0.224 e. The Hall–Kier alpha value is -4.53. The molecule has 0 spiro atoms. The van der Waals surface area contributed by atoms with Crippen molar-refractivity contribution in [1.29, 1.82) is 0 Å². The molecular weight excluding hydrogens is 418 g/mol. The molecule has 2 aromatic carbocycles. The Morgan fingerprint density at radius 2 is 2.00 bits per heavy atom. The summed E-state index contributed by atoms with van der Waals surface area (Å²) in [7, 11) is 0. The van der Waals surface area contributed by atoms with Gasteiger partial charge in [-0.3, -0.25) is 10.00 Å². The first-order valence-electron chi connectivity index (χ1n) is 10.6. The molecule has 164 valence electrons. The van der Waals surface area contributed by atoms with Crippen molar-refractivity contribution in [3.63, 3.8) is 0 Å². The Morgan fingerprint density at radius 1 is 1.12 bits per heavy atom. The predicted molar refractivity (Wildman–Crippen MR) is 126 cm³/mol. The van der Waals surface area contributed by atoms with Gasteiger partial charge in [0.15, 0.2) is 17.3 Å². The molecule has 4 N–H and O–H groups in total. The van der Waals surface area contributed by atoms with Crippen molar-refractivity contribution in [1.82, 2.24) is 20.2 Å². The van der Waals surface area contributed by atoms with Gasteiger partial charge in [-0.2, -0.15) is 10.1 Å². The van der Waals surface area contributed by atoms with E-state index in [9.17, 15) is 0 Å². The van der Waals surface area contributed by atoms with Crippen LogP contribution in [0.25, 0.3) is 17.0 Å². The van der Waals surface area contributed by atoms with Gasteiger partial charge in [-0.15, -0.1) is 0 Å². The lowest BCUT2D eigenvalue weighted by Crippen LogP contribution is -2.35. The summed E-state index contributed by atoms with van der Waals surface area (Å²) in [5, 5.41) is 10.5. The third-order valence-electron chi connectivity index (χ3n) is 5.66. The number of aromatic amines is 1. The van der Waals surface area contributed by atoms with E-state index in [0.717, 1.165) is 34.0 Å². The van der Waals surface area contributed by atoms with E-state index in [-0.39, 0.29) is 6.10 Å². The summed E-state index contributed by atoms with van der Waals surface area (Å²) in [6.45, 7) is 5.18. The number of para-hydroxylation sites is 1. The normalized spacial score (nSPS) is 16.2. The number of rotatable bonds is 4. The highest BCUT2D eigenvalue weighted by Crippen LogP contribution is 2.45. The number of nitrogens with zero attached hydrogens (tertiary/aromatic N) is 4. The van der Waals surface area contributed by atoms with Crippen LogP contribution in [-0.4, -0.2) is 39.4 Å². The van der Waals surface area contributed by atoms with Gasteiger partial charge in [0.2, 0.25) is 5.95 Å². The molecule has 9 nitrogen and oxygen atoms in total. The first-order chi connectivity index (χ1) is 16.2. The largest absolute Gasteiger partial charge is 0.486 e. The Labute approximate surface area is 189 Å². The molecule has 0 saturated heterocycles. The first-order valence-corrected chi connectivity index (χ1v) is 10.6. The van der Waals surface area contributed by atoms with Crippen molar-refractivity contribution in [2.24, 2.45) is 0 Å². The minimum Gasteiger partial charge on any atom is -0.486 e. The van der Waals surface area contributed by atoms with Gasteiger partial charge in [0.25, 0.3) is 0 Å². The Kier molecular flexibility index (Phi) is 4.39. The summed E-state index contributed by atoms with van der Waals surface area (Å²) in [6, 6.07) is 15.4. The van der Waals surface area contributed by atoms with E-state index in [0.29, 0.717) is 36.3 Å². The van der Waals surface area contributed by atoms with Crippen LogP contribution in [0.5, 0.6) is 11.5 Å². The van der Waals surface area contributed by atoms with E-state index in [1.165, 1.54) is 0 Å². The Bertz CT molecular complexity index is 1350. The van der Waals surface area contributed by atoms with E-state index >= 15 is 0 Å². The number of anilines is 4. The minimum atomic E-state index is -0.194. The van der Waals surface area contributed by atoms with E-state index in [1.807, 2.05) is 41.3 Å². The Balaban J connectivity index is 1.28. The maximum Gasteiger partial charge on any atom is 0.224 e. The van der Waals surface area contributed by atoms with Crippen molar-refractivity contribution in [2.75, 3.05) is 29.1 Å². The second kappa shape index (κ2) is 7.56. The average Bonchev–Trinajstić information content (AvgIpc) is 3.34. The highest BCUT2D eigenvalue weighted by atomic mass is 16.6. The van der Waals surface area contributed by atoms with Gasteiger partial charge in [0.1, 0.15) is 12.7 Å². The molecule has 1 atom stereocenters. The van der Waals surface area contributed by atoms with Crippen molar-refractivity contribution in [3.8, 4) is 22.8 Å². The molecule has 2 aliphatic rings. The maximum absolute atomic E-state index is 6.03. The quantitative estimate of drug-likeness (QED) is 0.411. The third kappa shape index (κ3) is 3.30. The minimum absolute atomic E-state index is 0.194. The molecule has 4 heterocycles. The summed E-state index contributed by atoms with van der Waals surface area (Å²) >= 11 is 0. The van der Waals surface area contributed by atoms with Crippen molar-refractivity contribution in [2.45, 2.75) is 6.10 Å². The first kappa shape index (κ1) is 19.2. The second-order valence-corrected chi connectivity index (χ2v) is 7.85. The summed E-state index contributed by atoms with van der Waals surface area (Å²) in [4.78, 5) is 11.4. The third-order valence-corrected chi connectivity index (χ3v) is 5.66. The zero-order chi connectivity index (χ0) is 22.4. The van der Waals surface area contributed by atoms with Crippen molar-refractivity contribution >= 4 is 28.8 Å². The van der Waals surface area contributed by atoms with Gasteiger partial charge in [0, 0.05) is 29.2 Å². The summed E-state index contributed by atoms with van der Waals surface area (Å²) in [6.07, 6.45) is 3.37. The monoisotopic (exact) mass is 439 g/mol. The standard InChI is InChI=1S/C24H21N7O2/c1-14-18-12-28-30-22(18)19-11-27-24(29-23(19)31(14)16-5-3-2-4-6-16)26-10-17-13-32-21-9-15(25)7-8-20(21)33-17/h2-9,11-12,17H,1,10,13,25H2,(H,28,30)(H,26,27,29). The van der Waals surface area contributed by atoms with Crippen molar-refractivity contribution in [3.05, 3.63) is 73.1 Å². The van der Waals surface area contributed by atoms with Crippen LogP contribution >= 0.6 is 0 Å². The van der Waals surface area contributed by atoms with Crippen LogP contribution in [0.1, 0.15) is 5.56 Å². The number of nitrogen functional groups attached to an aromatic ring is 1. The highest BCUT2D eigenvalue weighted by Gasteiger charge is 2.30. The molecule has 0 amide bonds. The van der Waals surface area contributed by atoms with Crippen LogP contribution in [-0.2, 0) is 0 Å². The zero-order valence-electron chi connectivity index (χ0n) is 17.7. The van der Waals surface area contributed by atoms with E-state index < -0.39 is 0 Å². The van der Waals surface area contributed by atoms with Crippen LogP contribution in [0.4, 0.5) is 23.1 Å². The van der Waals surface area contributed by atoms with E-state index in [2.05, 4.69) is 27.1 Å². The number of nitrogens with two attached hydrogens (primary N) is 1. The SMILES string of the molecule is C=C1c2cn[nH]c2-c2cnc(NCC3COc4cc(N)ccc4O3)nc2N1c1ccccc1. The summed E-state index contributed by atoms with van der Waals surface area (Å²) in [5.74, 6) is 2.54. The number of H-pyrrole nitrogens is 1. The number of nitrogens with one attached hydrogen (secondary N) is 2. The molecule has 2 aromatic heterocycles. The lowest BCUT2D eigenvalue weighted by molar-refractivity contribution is 0.0997. The van der Waals surface area contributed by atoms with Crippen molar-refractivity contribution < 1.29 is 9.47 Å². The highest BCUT2D eigenvalue weighted by molar-refractivity contribution is 5.99. The van der Waals surface area contributed by atoms with Gasteiger partial charge in [0.05, 0.1) is 29.7 Å². The molecule has 0 bridgehead atoms. The number of fused-ring (bicyclic) bond motifs is 4. The van der Waals surface area contributed by atoms with Crippen LogP contribution in [0, 0.1) is 0 Å². The maximum atomic E-state index is 6.03. The molecular formula is C24H21N7O2. The molecule has 1 unspecified atom stereocenters. The average molecular weight is 439 g/mol. The molecule has 2 aliphatic heterocycles. The molecule has 4 aromatic rings. The molecule has 0 radical (unpaired) electrons.